The highest BCUT2D eigenvalue weighted by Crippen LogP contribution is 2.33. The number of nitrogens with zero attached hydrogens (tertiary/aromatic N) is 6. The van der Waals surface area contributed by atoms with Crippen molar-refractivity contribution in [2.24, 2.45) is 0 Å². The fraction of sp³-hybridized carbons (Fsp3) is 0.423. The molecule has 3 aromatic heterocycles. The van der Waals surface area contributed by atoms with Gasteiger partial charge in [-0.3, -0.25) is 4.98 Å². The van der Waals surface area contributed by atoms with E-state index in [0.717, 1.165) is 85.8 Å². The molecule has 0 amide bonds. The SMILES string of the molecule is Cc1noc(-c2ccc(NC3CCC(Oc4cc(N5CCOCC5)cc5nccnc45)CC3)nc2)n1. The van der Waals surface area contributed by atoms with E-state index in [4.69, 9.17) is 14.0 Å². The molecule has 4 aromatic rings. The van der Waals surface area contributed by atoms with Crippen LogP contribution in [0.1, 0.15) is 31.5 Å². The summed E-state index contributed by atoms with van der Waals surface area (Å²) in [7, 11) is 0. The smallest absolute Gasteiger partial charge is 0.259 e. The third-order valence-electron chi connectivity index (χ3n) is 6.76. The van der Waals surface area contributed by atoms with Gasteiger partial charge in [0.05, 0.1) is 30.4 Å². The van der Waals surface area contributed by atoms with Crippen molar-refractivity contribution in [1.29, 1.82) is 0 Å². The lowest BCUT2D eigenvalue weighted by Gasteiger charge is -2.31. The molecule has 6 rings (SSSR count). The summed E-state index contributed by atoms with van der Waals surface area (Å²) in [5.74, 6) is 2.75. The zero-order chi connectivity index (χ0) is 24.3. The molecule has 1 aliphatic heterocycles. The number of ether oxygens (including phenoxy) is 2. The third-order valence-corrected chi connectivity index (χ3v) is 6.76. The van der Waals surface area contributed by atoms with E-state index in [1.54, 1.807) is 25.5 Å². The number of anilines is 2. The number of hydrogen-bond acceptors (Lipinski definition) is 10. The zero-order valence-corrected chi connectivity index (χ0v) is 20.3. The maximum Gasteiger partial charge on any atom is 0.259 e. The van der Waals surface area contributed by atoms with Gasteiger partial charge in [0, 0.05) is 49.5 Å². The monoisotopic (exact) mass is 487 g/mol. The Bertz CT molecular complexity index is 1310. The van der Waals surface area contributed by atoms with Crippen LogP contribution in [-0.2, 0) is 4.74 Å². The van der Waals surface area contributed by atoms with Crippen molar-refractivity contribution in [2.75, 3.05) is 36.5 Å². The number of hydrogen-bond donors (Lipinski definition) is 1. The maximum absolute atomic E-state index is 6.54. The molecular formula is C26H29N7O3. The van der Waals surface area contributed by atoms with Crippen LogP contribution in [0.15, 0.2) is 47.4 Å². The molecule has 1 saturated carbocycles. The highest BCUT2D eigenvalue weighted by atomic mass is 16.5. The first-order valence-electron chi connectivity index (χ1n) is 12.5. The van der Waals surface area contributed by atoms with Crippen LogP contribution in [0.2, 0.25) is 0 Å². The number of pyridine rings is 1. The molecule has 1 N–H and O–H groups in total. The van der Waals surface area contributed by atoms with Crippen LogP contribution in [0.5, 0.6) is 5.75 Å². The molecule has 4 heterocycles. The van der Waals surface area contributed by atoms with Crippen molar-refractivity contribution < 1.29 is 14.0 Å². The van der Waals surface area contributed by atoms with Crippen LogP contribution >= 0.6 is 0 Å². The molecule has 10 nitrogen and oxygen atoms in total. The Morgan fingerprint density at radius 2 is 1.83 bits per heavy atom. The topological polar surface area (TPSA) is 111 Å². The van der Waals surface area contributed by atoms with Crippen LogP contribution in [0.25, 0.3) is 22.5 Å². The standard InChI is InChI=1S/C26H29N7O3/c1-17-30-26(36-32-17)18-2-7-24(29-16-18)31-19-3-5-21(6-4-19)35-23-15-20(33-10-12-34-13-11-33)14-22-25(23)28-9-8-27-22/h2,7-9,14-16,19,21H,3-6,10-13H2,1H3,(H,29,31). The van der Waals surface area contributed by atoms with E-state index in [9.17, 15) is 0 Å². The normalized spacial score (nSPS) is 20.4. The van der Waals surface area contributed by atoms with E-state index in [-0.39, 0.29) is 6.10 Å². The quantitative estimate of drug-likeness (QED) is 0.428. The molecule has 36 heavy (non-hydrogen) atoms. The van der Waals surface area contributed by atoms with Gasteiger partial charge in [-0.15, -0.1) is 0 Å². The van der Waals surface area contributed by atoms with Crippen LogP contribution in [-0.4, -0.2) is 63.5 Å². The van der Waals surface area contributed by atoms with Crippen molar-refractivity contribution in [3.8, 4) is 17.2 Å². The molecule has 0 radical (unpaired) electrons. The summed E-state index contributed by atoms with van der Waals surface area (Å²) >= 11 is 0. The number of fused-ring (bicyclic) bond motifs is 1. The Kier molecular flexibility index (Phi) is 6.33. The van der Waals surface area contributed by atoms with E-state index in [0.29, 0.717) is 17.8 Å². The summed E-state index contributed by atoms with van der Waals surface area (Å²) in [5.41, 5.74) is 3.60. The fourth-order valence-electron chi connectivity index (χ4n) is 4.86. The van der Waals surface area contributed by atoms with Gasteiger partial charge in [0.25, 0.3) is 5.89 Å². The van der Waals surface area contributed by atoms with Gasteiger partial charge < -0.3 is 24.2 Å². The second kappa shape index (κ2) is 10.1. The first-order chi connectivity index (χ1) is 17.7. The second-order valence-electron chi connectivity index (χ2n) is 9.28. The minimum atomic E-state index is 0.143. The summed E-state index contributed by atoms with van der Waals surface area (Å²) in [6.07, 6.45) is 9.29. The summed E-state index contributed by atoms with van der Waals surface area (Å²) in [6.45, 7) is 5.00. The number of rotatable bonds is 6. The van der Waals surface area contributed by atoms with Gasteiger partial charge in [0.15, 0.2) is 5.82 Å². The van der Waals surface area contributed by atoms with Crippen molar-refractivity contribution >= 4 is 22.5 Å². The van der Waals surface area contributed by atoms with E-state index < -0.39 is 0 Å². The van der Waals surface area contributed by atoms with Gasteiger partial charge in [0.1, 0.15) is 17.1 Å². The Morgan fingerprint density at radius 3 is 2.58 bits per heavy atom. The number of aromatic nitrogens is 5. The Balaban J connectivity index is 1.09. The molecule has 2 aliphatic rings. The maximum atomic E-state index is 6.54. The summed E-state index contributed by atoms with van der Waals surface area (Å²) < 4.78 is 17.3. The number of benzene rings is 1. The lowest BCUT2D eigenvalue weighted by Crippen LogP contribution is -2.36. The molecule has 0 atom stereocenters. The fourth-order valence-corrected chi connectivity index (χ4v) is 4.86. The largest absolute Gasteiger partial charge is 0.488 e. The van der Waals surface area contributed by atoms with Gasteiger partial charge >= 0.3 is 0 Å². The Labute approximate surface area is 209 Å². The first-order valence-corrected chi connectivity index (χ1v) is 12.5. The lowest BCUT2D eigenvalue weighted by molar-refractivity contribution is 0.122. The molecular weight excluding hydrogens is 458 g/mol. The first kappa shape index (κ1) is 22.7. The summed E-state index contributed by atoms with van der Waals surface area (Å²) in [6, 6.07) is 8.47. The number of aryl methyl sites for hydroxylation is 1. The zero-order valence-electron chi connectivity index (χ0n) is 20.3. The Hall–Kier alpha value is -3.79. The molecule has 1 aromatic carbocycles. The highest BCUT2D eigenvalue weighted by Gasteiger charge is 2.24. The van der Waals surface area contributed by atoms with Crippen LogP contribution in [0.4, 0.5) is 11.5 Å². The summed E-state index contributed by atoms with van der Waals surface area (Å²) in [4.78, 5) is 20.2. The van der Waals surface area contributed by atoms with Crippen molar-refractivity contribution in [3.05, 3.63) is 48.7 Å². The van der Waals surface area contributed by atoms with Crippen LogP contribution in [0, 0.1) is 6.92 Å². The van der Waals surface area contributed by atoms with Crippen molar-refractivity contribution in [1.82, 2.24) is 25.1 Å². The minimum absolute atomic E-state index is 0.143. The molecule has 10 heteroatoms. The second-order valence-corrected chi connectivity index (χ2v) is 9.28. The molecule has 1 saturated heterocycles. The molecule has 0 unspecified atom stereocenters. The van der Waals surface area contributed by atoms with E-state index in [1.165, 1.54) is 0 Å². The molecule has 186 valence electrons. The molecule has 0 bridgehead atoms. The van der Waals surface area contributed by atoms with Crippen molar-refractivity contribution in [3.63, 3.8) is 0 Å². The van der Waals surface area contributed by atoms with Gasteiger partial charge in [-0.2, -0.15) is 4.98 Å². The molecule has 1 aliphatic carbocycles. The number of morpholine rings is 1. The lowest BCUT2D eigenvalue weighted by atomic mass is 9.93. The predicted octanol–water partition coefficient (Wildman–Crippen LogP) is 4.02. The average molecular weight is 488 g/mol. The van der Waals surface area contributed by atoms with Gasteiger partial charge in [0.2, 0.25) is 0 Å². The third kappa shape index (κ3) is 4.94. The van der Waals surface area contributed by atoms with Gasteiger partial charge in [-0.1, -0.05) is 5.16 Å². The van der Waals surface area contributed by atoms with Gasteiger partial charge in [-0.25, -0.2) is 9.97 Å². The molecule has 2 fully saturated rings. The van der Waals surface area contributed by atoms with Gasteiger partial charge in [-0.05, 0) is 50.8 Å². The highest BCUT2D eigenvalue weighted by molar-refractivity contribution is 5.85. The van der Waals surface area contributed by atoms with E-state index >= 15 is 0 Å². The summed E-state index contributed by atoms with van der Waals surface area (Å²) in [5, 5.41) is 7.39. The minimum Gasteiger partial charge on any atom is -0.488 e. The molecule has 0 spiro atoms. The van der Waals surface area contributed by atoms with E-state index in [1.807, 2.05) is 12.1 Å². The predicted molar refractivity (Wildman–Crippen MR) is 135 cm³/mol. The number of nitrogens with one attached hydrogen (secondary N) is 1. The van der Waals surface area contributed by atoms with Crippen molar-refractivity contribution in [2.45, 2.75) is 44.8 Å². The van der Waals surface area contributed by atoms with Crippen LogP contribution < -0.4 is 15.0 Å². The Morgan fingerprint density at radius 1 is 1.00 bits per heavy atom. The van der Waals surface area contributed by atoms with E-state index in [2.05, 4.69) is 47.4 Å². The van der Waals surface area contributed by atoms with Crippen LogP contribution in [0.3, 0.4) is 0 Å². The average Bonchev–Trinajstić information content (AvgIpc) is 3.37.